The summed E-state index contributed by atoms with van der Waals surface area (Å²) in [5.74, 6) is 0.0841. The first-order chi connectivity index (χ1) is 13.8. The number of phenolic OH excluding ortho intramolecular Hbond substituents is 1. The maximum absolute atomic E-state index is 13.1. The van der Waals surface area contributed by atoms with Gasteiger partial charge in [0, 0.05) is 15.7 Å². The van der Waals surface area contributed by atoms with E-state index in [0.29, 0.717) is 27.2 Å². The first kappa shape index (κ1) is 20.5. The molecule has 1 aliphatic heterocycles. The summed E-state index contributed by atoms with van der Waals surface area (Å²) < 4.78 is 11.1. The lowest BCUT2D eigenvalue weighted by Gasteiger charge is -2.29. The summed E-state index contributed by atoms with van der Waals surface area (Å²) in [4.78, 5) is 25.2. The Kier molecular flexibility index (Phi) is 5.97. The zero-order valence-electron chi connectivity index (χ0n) is 16.0. The Morgan fingerprint density at radius 3 is 2.55 bits per heavy atom. The lowest BCUT2D eigenvalue weighted by Crippen LogP contribution is -2.46. The summed E-state index contributed by atoms with van der Waals surface area (Å²) in [6, 6.07) is 8.81. The molecule has 9 heteroatoms. The second-order valence-corrected chi connectivity index (χ2v) is 7.19. The van der Waals surface area contributed by atoms with Gasteiger partial charge in [-0.05, 0) is 31.2 Å². The zero-order valence-corrected chi connectivity index (χ0v) is 17.6. The van der Waals surface area contributed by atoms with Crippen LogP contribution in [0.3, 0.4) is 0 Å². The molecule has 3 rings (SSSR count). The van der Waals surface area contributed by atoms with E-state index in [4.69, 9.17) is 9.47 Å². The van der Waals surface area contributed by atoms with Crippen molar-refractivity contribution in [3.05, 3.63) is 57.7 Å². The number of ether oxygens (including phenoxy) is 2. The molecule has 2 aromatic carbocycles. The number of phenols is 1. The molecule has 1 atom stereocenters. The number of allylic oxidation sites excluding steroid dienone is 1. The van der Waals surface area contributed by atoms with Gasteiger partial charge in [0.2, 0.25) is 0 Å². The van der Waals surface area contributed by atoms with Crippen molar-refractivity contribution in [2.24, 2.45) is 0 Å². The molecule has 0 bridgehead atoms. The number of methoxy groups -OCH3 is 2. The summed E-state index contributed by atoms with van der Waals surface area (Å²) >= 11 is 3.36. The van der Waals surface area contributed by atoms with Crippen LogP contribution in [0.15, 0.2) is 52.1 Å². The average Bonchev–Trinajstić information content (AvgIpc) is 2.69. The lowest BCUT2D eigenvalue weighted by atomic mass is 9.93. The first-order valence-corrected chi connectivity index (χ1v) is 9.44. The molecular formula is C20H20BrN3O5. The molecule has 0 saturated carbocycles. The van der Waals surface area contributed by atoms with Crippen molar-refractivity contribution in [1.29, 1.82) is 0 Å². The highest BCUT2D eigenvalue weighted by atomic mass is 79.9. The van der Waals surface area contributed by atoms with Gasteiger partial charge >= 0.3 is 6.03 Å². The summed E-state index contributed by atoms with van der Waals surface area (Å²) in [5, 5.41) is 18.7. The fourth-order valence-electron chi connectivity index (χ4n) is 3.14. The van der Waals surface area contributed by atoms with Gasteiger partial charge in [0.25, 0.3) is 5.91 Å². The van der Waals surface area contributed by atoms with Crippen LogP contribution >= 0.6 is 15.9 Å². The molecule has 0 fully saturated rings. The summed E-state index contributed by atoms with van der Waals surface area (Å²) in [6.07, 6.45) is 0. The maximum Gasteiger partial charge on any atom is 0.319 e. The smallest absolute Gasteiger partial charge is 0.319 e. The van der Waals surface area contributed by atoms with Gasteiger partial charge in [-0.1, -0.05) is 28.1 Å². The van der Waals surface area contributed by atoms with Crippen LogP contribution in [0.5, 0.6) is 17.2 Å². The van der Waals surface area contributed by atoms with Crippen molar-refractivity contribution in [2.45, 2.75) is 13.0 Å². The number of aromatic hydroxyl groups is 1. The fraction of sp³-hybridized carbons (Fsp3) is 0.200. The standard InChI is InChI=1S/C20H20BrN3O5/c1-10-16(19(26)23-13-6-4-5-7-14(13)28-2)17(24-20(27)22-10)12-8-11(21)9-15(29-3)18(12)25/h4-9,17,25H,1-3H3,(H,23,26)(H2,22,24,27)/t17-/m0/s1. The molecule has 0 radical (unpaired) electrons. The van der Waals surface area contributed by atoms with Gasteiger partial charge in [-0.25, -0.2) is 4.79 Å². The highest BCUT2D eigenvalue weighted by Crippen LogP contribution is 2.40. The van der Waals surface area contributed by atoms with E-state index in [2.05, 4.69) is 31.9 Å². The molecular weight excluding hydrogens is 442 g/mol. The molecule has 8 nitrogen and oxygen atoms in total. The van der Waals surface area contributed by atoms with E-state index in [0.717, 1.165) is 0 Å². The van der Waals surface area contributed by atoms with Crippen molar-refractivity contribution in [3.63, 3.8) is 0 Å². The number of carbonyl (C=O) groups is 2. The second-order valence-electron chi connectivity index (χ2n) is 6.27. The molecule has 0 unspecified atom stereocenters. The second kappa shape index (κ2) is 8.44. The fourth-order valence-corrected chi connectivity index (χ4v) is 3.59. The number of halogens is 1. The Morgan fingerprint density at radius 1 is 1.17 bits per heavy atom. The van der Waals surface area contributed by atoms with Gasteiger partial charge in [-0.2, -0.15) is 0 Å². The Labute approximate surface area is 176 Å². The van der Waals surface area contributed by atoms with Crippen molar-refractivity contribution >= 4 is 33.6 Å². The SMILES string of the molecule is COc1ccccc1NC(=O)C1=C(C)NC(=O)N[C@H]1c1cc(Br)cc(OC)c1O. The van der Waals surface area contributed by atoms with E-state index in [1.807, 2.05) is 0 Å². The Hall–Kier alpha value is -3.20. The molecule has 0 aromatic heterocycles. The predicted octanol–water partition coefficient (Wildman–Crippen LogP) is 3.44. The molecule has 0 saturated heterocycles. The molecule has 152 valence electrons. The van der Waals surface area contributed by atoms with E-state index < -0.39 is 18.0 Å². The van der Waals surface area contributed by atoms with Crippen molar-refractivity contribution in [2.75, 3.05) is 19.5 Å². The van der Waals surface area contributed by atoms with Crippen molar-refractivity contribution in [3.8, 4) is 17.2 Å². The monoisotopic (exact) mass is 461 g/mol. The number of para-hydroxylation sites is 2. The molecule has 2 aromatic rings. The predicted molar refractivity (Wildman–Crippen MR) is 111 cm³/mol. The largest absolute Gasteiger partial charge is 0.504 e. The number of hydrogen-bond donors (Lipinski definition) is 4. The highest BCUT2D eigenvalue weighted by Gasteiger charge is 2.34. The number of urea groups is 1. The molecule has 4 N–H and O–H groups in total. The van der Waals surface area contributed by atoms with Crippen LogP contribution in [0.4, 0.5) is 10.5 Å². The van der Waals surface area contributed by atoms with Crippen LogP contribution in [0, 0.1) is 0 Å². The maximum atomic E-state index is 13.1. The van der Waals surface area contributed by atoms with Crippen LogP contribution in [0.1, 0.15) is 18.5 Å². The first-order valence-electron chi connectivity index (χ1n) is 8.64. The molecule has 0 aliphatic carbocycles. The summed E-state index contributed by atoms with van der Waals surface area (Å²) in [5.41, 5.74) is 1.40. The number of hydrogen-bond acceptors (Lipinski definition) is 5. The van der Waals surface area contributed by atoms with Crippen LogP contribution in [0.25, 0.3) is 0 Å². The average molecular weight is 462 g/mol. The van der Waals surface area contributed by atoms with Gasteiger partial charge in [-0.3, -0.25) is 4.79 Å². The van der Waals surface area contributed by atoms with Crippen molar-refractivity contribution in [1.82, 2.24) is 10.6 Å². The van der Waals surface area contributed by atoms with Crippen LogP contribution in [-0.2, 0) is 4.79 Å². The van der Waals surface area contributed by atoms with Crippen molar-refractivity contribution < 1.29 is 24.2 Å². The van der Waals surface area contributed by atoms with E-state index in [-0.39, 0.29) is 17.1 Å². The number of benzene rings is 2. The molecule has 3 amide bonds. The number of carbonyl (C=O) groups excluding carboxylic acids is 2. The number of anilines is 1. The minimum Gasteiger partial charge on any atom is -0.504 e. The Bertz CT molecular complexity index is 1010. The van der Waals surface area contributed by atoms with Gasteiger partial charge in [-0.15, -0.1) is 0 Å². The highest BCUT2D eigenvalue weighted by molar-refractivity contribution is 9.10. The number of nitrogens with one attached hydrogen (secondary N) is 3. The molecule has 1 heterocycles. The quantitative estimate of drug-likeness (QED) is 0.545. The van der Waals surface area contributed by atoms with Crippen LogP contribution in [-0.4, -0.2) is 31.3 Å². The third-order valence-corrected chi connectivity index (χ3v) is 4.93. The lowest BCUT2D eigenvalue weighted by molar-refractivity contribution is -0.113. The van der Waals surface area contributed by atoms with E-state index in [1.165, 1.54) is 14.2 Å². The van der Waals surface area contributed by atoms with Gasteiger partial charge in [0.1, 0.15) is 5.75 Å². The topological polar surface area (TPSA) is 109 Å². The number of rotatable bonds is 5. The van der Waals surface area contributed by atoms with E-state index >= 15 is 0 Å². The third kappa shape index (κ3) is 4.14. The van der Waals surface area contributed by atoms with Gasteiger partial charge in [0.15, 0.2) is 11.5 Å². The van der Waals surface area contributed by atoms with Gasteiger partial charge in [0.05, 0.1) is 31.5 Å². The minimum absolute atomic E-state index is 0.168. The minimum atomic E-state index is -0.898. The summed E-state index contributed by atoms with van der Waals surface area (Å²) in [6.45, 7) is 1.62. The van der Waals surface area contributed by atoms with Crippen LogP contribution in [0.2, 0.25) is 0 Å². The Balaban J connectivity index is 2.05. The van der Waals surface area contributed by atoms with Crippen LogP contribution < -0.4 is 25.4 Å². The molecule has 0 spiro atoms. The Morgan fingerprint density at radius 2 is 1.86 bits per heavy atom. The van der Waals surface area contributed by atoms with Gasteiger partial charge < -0.3 is 30.5 Å². The normalized spacial score (nSPS) is 16.0. The molecule has 29 heavy (non-hydrogen) atoms. The van der Waals surface area contributed by atoms with E-state index in [1.54, 1.807) is 43.3 Å². The summed E-state index contributed by atoms with van der Waals surface area (Å²) in [7, 11) is 2.93. The number of amides is 3. The van der Waals surface area contributed by atoms with E-state index in [9.17, 15) is 14.7 Å². The third-order valence-electron chi connectivity index (χ3n) is 4.47. The molecule has 1 aliphatic rings. The zero-order chi connectivity index (χ0) is 21.1.